The second-order valence-electron chi connectivity index (χ2n) is 16.4. The van der Waals surface area contributed by atoms with Crippen molar-refractivity contribution in [3.8, 4) is 22.3 Å². The summed E-state index contributed by atoms with van der Waals surface area (Å²) in [5.41, 5.74) is 25.3. The Labute approximate surface area is 327 Å². The van der Waals surface area contributed by atoms with Crippen LogP contribution in [0, 0.1) is 0 Å². The first kappa shape index (κ1) is 34.7. The van der Waals surface area contributed by atoms with Gasteiger partial charge < -0.3 is 9.32 Å². The fourth-order valence-corrected chi connectivity index (χ4v) is 10.2. The molecular formula is C43H40B9NO. The van der Waals surface area contributed by atoms with Gasteiger partial charge in [-0.15, -0.1) is 5.46 Å². The second kappa shape index (κ2) is 12.3. The SMILES string of the molecule is Bc1c(B)c(N(c2ccccc2)c2ccc(-c3ccc4ccccc4c3)cc2)c(B)c2c1-c1c(c(B)c3c(oc4c(B)c(B)c(B)c(B)c43)c1B)C2(C)C. The largest absolute Gasteiger partial charge is 0.457 e. The van der Waals surface area contributed by atoms with Crippen molar-refractivity contribution in [3.63, 3.8) is 0 Å². The molecule has 0 N–H and O–H groups in total. The minimum atomic E-state index is -0.223. The number of hydrogen-bond acceptors (Lipinski definition) is 2. The number of hydrogen-bond donors (Lipinski definition) is 0. The van der Waals surface area contributed by atoms with Gasteiger partial charge in [0.05, 0.1) is 0 Å². The smallest absolute Gasteiger partial charge is 0.145 e. The standard InChI is InChI=1S/C43H40B9NO/c1-43(2)29-26(34(47)41-27(31(29)44)28-33(46)36(49)37(50)39(52)42(28)54-41)25-30(43)35(48)40(38(51)32(25)45)53(23-10-4-3-5-11-23)24-16-14-20(15-17-24)22-13-12-19-8-6-7-9-21(19)18-22/h3-18H,44-52H2,1-2H3. The molecule has 0 atom stereocenters. The van der Waals surface area contributed by atoms with E-state index in [1.807, 2.05) is 0 Å². The lowest BCUT2D eigenvalue weighted by Crippen LogP contribution is -2.47. The van der Waals surface area contributed by atoms with Gasteiger partial charge in [-0.25, -0.2) is 0 Å². The van der Waals surface area contributed by atoms with Crippen molar-refractivity contribution in [1.29, 1.82) is 0 Å². The molecule has 1 aromatic heterocycles. The van der Waals surface area contributed by atoms with Crippen LogP contribution in [0.5, 0.6) is 0 Å². The molecule has 1 aliphatic carbocycles. The highest BCUT2D eigenvalue weighted by atomic mass is 16.3. The molecule has 250 valence electrons. The zero-order chi connectivity index (χ0) is 38.0. The maximum Gasteiger partial charge on any atom is 0.145 e. The maximum absolute atomic E-state index is 6.95. The number of benzene rings is 7. The number of anilines is 3. The van der Waals surface area contributed by atoms with E-state index in [9.17, 15) is 0 Å². The van der Waals surface area contributed by atoms with Crippen molar-refractivity contribution in [2.24, 2.45) is 0 Å². The molecule has 1 heterocycles. The van der Waals surface area contributed by atoms with Crippen LogP contribution in [0.1, 0.15) is 25.0 Å². The number of rotatable bonds is 4. The molecule has 54 heavy (non-hydrogen) atoms. The van der Waals surface area contributed by atoms with Crippen LogP contribution in [0.4, 0.5) is 17.1 Å². The summed E-state index contributed by atoms with van der Waals surface area (Å²) in [6.07, 6.45) is 0. The summed E-state index contributed by atoms with van der Waals surface area (Å²) < 4.78 is 6.95. The average molecular weight is 684 g/mol. The van der Waals surface area contributed by atoms with Crippen LogP contribution < -0.4 is 54.1 Å². The van der Waals surface area contributed by atoms with Crippen LogP contribution in [-0.2, 0) is 5.41 Å². The van der Waals surface area contributed by atoms with E-state index in [1.54, 1.807) is 0 Å². The van der Waals surface area contributed by atoms with Crippen molar-refractivity contribution < 1.29 is 4.42 Å². The molecular weight excluding hydrogens is 644 g/mol. The molecule has 0 aliphatic heterocycles. The summed E-state index contributed by atoms with van der Waals surface area (Å²) in [6.45, 7) is 4.89. The van der Waals surface area contributed by atoms with Gasteiger partial charge in [-0.05, 0) is 79.9 Å². The molecule has 0 unspecified atom stereocenters. The third kappa shape index (κ3) is 4.73. The maximum atomic E-state index is 6.95. The summed E-state index contributed by atoms with van der Waals surface area (Å²) in [5, 5.41) is 5.10. The monoisotopic (exact) mass is 685 g/mol. The Bertz CT molecular complexity index is 2900. The molecule has 0 radical (unpaired) electrons. The van der Waals surface area contributed by atoms with Gasteiger partial charge >= 0.3 is 0 Å². The molecule has 11 heteroatoms. The minimum Gasteiger partial charge on any atom is -0.457 e. The van der Waals surface area contributed by atoms with Gasteiger partial charge in [0.25, 0.3) is 0 Å². The van der Waals surface area contributed by atoms with E-state index >= 15 is 0 Å². The van der Waals surface area contributed by atoms with Crippen molar-refractivity contribution >= 4 is 170 Å². The molecule has 9 rings (SSSR count). The van der Waals surface area contributed by atoms with Gasteiger partial charge in [0, 0.05) is 33.2 Å². The van der Waals surface area contributed by atoms with Crippen molar-refractivity contribution in [3.05, 3.63) is 108 Å². The number of nitrogens with zero attached hydrogens (tertiary/aromatic N) is 1. The fraction of sp³-hybridized carbons (Fsp3) is 0.0698. The highest BCUT2D eigenvalue weighted by Crippen LogP contribution is 2.48. The Kier molecular flexibility index (Phi) is 7.88. The first-order valence-corrected chi connectivity index (χ1v) is 19.4. The van der Waals surface area contributed by atoms with Crippen LogP contribution in [0.3, 0.4) is 0 Å². The lowest BCUT2D eigenvalue weighted by molar-refractivity contribution is 0.666. The summed E-state index contributed by atoms with van der Waals surface area (Å²) >= 11 is 0. The zero-order valence-electron chi connectivity index (χ0n) is 33.6. The highest BCUT2D eigenvalue weighted by molar-refractivity contribution is 6.68. The normalized spacial score (nSPS) is 13.1. The van der Waals surface area contributed by atoms with Crippen LogP contribution in [0.25, 0.3) is 55.0 Å². The Morgan fingerprint density at radius 1 is 0.444 bits per heavy atom. The highest BCUT2D eigenvalue weighted by Gasteiger charge is 2.43. The van der Waals surface area contributed by atoms with E-state index in [1.165, 1.54) is 110 Å². The molecule has 0 bridgehead atoms. The topological polar surface area (TPSA) is 16.4 Å². The Morgan fingerprint density at radius 3 is 1.69 bits per heavy atom. The van der Waals surface area contributed by atoms with E-state index in [0.717, 1.165) is 22.5 Å². The van der Waals surface area contributed by atoms with E-state index in [2.05, 4.69) is 186 Å². The van der Waals surface area contributed by atoms with Crippen molar-refractivity contribution in [2.45, 2.75) is 19.3 Å². The summed E-state index contributed by atoms with van der Waals surface area (Å²) in [5.74, 6) is 0. The predicted molar refractivity (Wildman–Crippen MR) is 263 cm³/mol. The molecule has 0 saturated heterocycles. The van der Waals surface area contributed by atoms with Gasteiger partial charge in [0.2, 0.25) is 0 Å². The van der Waals surface area contributed by atoms with Gasteiger partial charge in [-0.1, -0.05) is 119 Å². The van der Waals surface area contributed by atoms with Gasteiger partial charge in [0.1, 0.15) is 81.8 Å². The first-order valence-electron chi connectivity index (χ1n) is 19.4. The lowest BCUT2D eigenvalue weighted by atomic mass is 9.64. The number of furan rings is 1. The predicted octanol–water partition coefficient (Wildman–Crippen LogP) is -3.49. The van der Waals surface area contributed by atoms with Crippen molar-refractivity contribution in [2.75, 3.05) is 4.90 Å². The molecule has 2 nitrogen and oxygen atoms in total. The number of fused-ring (bicyclic) bond motifs is 7. The number of para-hydroxylation sites is 1. The summed E-state index contributed by atoms with van der Waals surface area (Å²) in [4.78, 5) is 2.48. The molecule has 1 aliphatic rings. The molecule has 0 amide bonds. The second-order valence-corrected chi connectivity index (χ2v) is 16.4. The van der Waals surface area contributed by atoms with Crippen LogP contribution in [-0.4, -0.2) is 70.6 Å². The summed E-state index contributed by atoms with van der Waals surface area (Å²) in [7, 11) is 20.6. The third-order valence-electron chi connectivity index (χ3n) is 13.2. The van der Waals surface area contributed by atoms with Crippen LogP contribution in [0.15, 0.2) is 101 Å². The van der Waals surface area contributed by atoms with E-state index in [4.69, 9.17) is 4.42 Å². The van der Waals surface area contributed by atoms with Crippen LogP contribution >= 0.6 is 0 Å². The molecule has 8 aromatic rings. The Hall–Kier alpha value is -5.02. The zero-order valence-corrected chi connectivity index (χ0v) is 33.6. The van der Waals surface area contributed by atoms with Gasteiger partial charge in [0.15, 0.2) is 0 Å². The van der Waals surface area contributed by atoms with E-state index in [0.29, 0.717) is 0 Å². The lowest BCUT2D eigenvalue weighted by Gasteiger charge is -2.34. The van der Waals surface area contributed by atoms with Gasteiger partial charge in [-0.2, -0.15) is 0 Å². The van der Waals surface area contributed by atoms with E-state index < -0.39 is 0 Å². The third-order valence-corrected chi connectivity index (χ3v) is 13.2. The fourth-order valence-electron chi connectivity index (χ4n) is 10.2. The minimum absolute atomic E-state index is 0.223. The van der Waals surface area contributed by atoms with Crippen LogP contribution in [0.2, 0.25) is 0 Å². The Balaban J connectivity index is 1.27. The molecule has 7 aromatic carbocycles. The molecule has 0 spiro atoms. The molecule has 0 saturated carbocycles. The Morgan fingerprint density at radius 2 is 0.981 bits per heavy atom. The summed E-state index contributed by atoms with van der Waals surface area (Å²) in [6, 6.07) is 35.4. The average Bonchev–Trinajstić information content (AvgIpc) is 3.71. The molecule has 0 fully saturated rings. The van der Waals surface area contributed by atoms with E-state index in [-0.39, 0.29) is 5.41 Å². The quantitative estimate of drug-likeness (QED) is 0.179. The van der Waals surface area contributed by atoms with Gasteiger partial charge in [-0.3, -0.25) is 0 Å². The van der Waals surface area contributed by atoms with Crippen molar-refractivity contribution in [1.82, 2.24) is 0 Å². The first-order chi connectivity index (χ1) is 25.8.